The van der Waals surface area contributed by atoms with Gasteiger partial charge in [0.05, 0.1) is 35.0 Å². The summed E-state index contributed by atoms with van der Waals surface area (Å²) >= 11 is 1.35. The summed E-state index contributed by atoms with van der Waals surface area (Å²) in [5.74, 6) is 0.316. The van der Waals surface area contributed by atoms with Crippen molar-refractivity contribution in [3.05, 3.63) is 69.3 Å². The number of H-pyrrole nitrogens is 1. The summed E-state index contributed by atoms with van der Waals surface area (Å²) in [4.78, 5) is 31.4. The quantitative estimate of drug-likeness (QED) is 0.385. The average Bonchev–Trinajstić information content (AvgIpc) is 3.21. The zero-order valence-electron chi connectivity index (χ0n) is 16.5. The number of esters is 1. The second-order valence-corrected chi connectivity index (χ2v) is 7.56. The summed E-state index contributed by atoms with van der Waals surface area (Å²) < 4.78 is 6.40. The van der Waals surface area contributed by atoms with Crippen molar-refractivity contribution >= 4 is 28.6 Å². The number of aromatic amines is 1. The number of hydrogen-bond acceptors (Lipinski definition) is 8. The number of nitrogens with zero attached hydrogens (tertiary/aromatic N) is 5. The largest absolute Gasteiger partial charge is 0.465 e. The lowest BCUT2D eigenvalue weighted by molar-refractivity contribution is 0.0601. The molecule has 1 N–H and O–H groups in total. The standard InChI is InChI=1S/C20H18N6O3S/c1-11-5-4-6-16(12(11)2)26-20(23-24-25-26)30-10-17-21-15-9-13(19(28)29-3)7-8-14(15)18(27)22-17/h4-9H,10H2,1-3H3,(H,21,22,27). The van der Waals surface area contributed by atoms with Gasteiger partial charge < -0.3 is 9.72 Å². The predicted molar refractivity (Wildman–Crippen MR) is 112 cm³/mol. The predicted octanol–water partition coefficient (Wildman–Crippen LogP) is 2.59. The maximum absolute atomic E-state index is 12.4. The Morgan fingerprint density at radius 2 is 2.07 bits per heavy atom. The van der Waals surface area contributed by atoms with Gasteiger partial charge in [0, 0.05) is 0 Å². The maximum Gasteiger partial charge on any atom is 0.337 e. The molecule has 2 aromatic heterocycles. The first-order chi connectivity index (χ1) is 14.5. The van der Waals surface area contributed by atoms with Crippen molar-refractivity contribution in [2.45, 2.75) is 24.8 Å². The van der Waals surface area contributed by atoms with Crippen molar-refractivity contribution in [1.82, 2.24) is 30.2 Å². The second-order valence-electron chi connectivity index (χ2n) is 6.62. The van der Waals surface area contributed by atoms with Crippen LogP contribution in [-0.4, -0.2) is 43.3 Å². The molecule has 30 heavy (non-hydrogen) atoms. The van der Waals surface area contributed by atoms with Crippen LogP contribution in [-0.2, 0) is 10.5 Å². The van der Waals surface area contributed by atoms with Gasteiger partial charge in [-0.1, -0.05) is 23.9 Å². The van der Waals surface area contributed by atoms with E-state index >= 15 is 0 Å². The number of carbonyl (C=O) groups excluding carboxylic acids is 1. The molecule has 0 saturated carbocycles. The normalized spacial score (nSPS) is 11.0. The highest BCUT2D eigenvalue weighted by Crippen LogP contribution is 2.24. The van der Waals surface area contributed by atoms with E-state index in [2.05, 4.69) is 25.5 Å². The van der Waals surface area contributed by atoms with Crippen LogP contribution in [0.2, 0.25) is 0 Å². The molecule has 152 valence electrons. The highest BCUT2D eigenvalue weighted by Gasteiger charge is 2.14. The number of thioether (sulfide) groups is 1. The minimum absolute atomic E-state index is 0.277. The Hall–Kier alpha value is -3.53. The van der Waals surface area contributed by atoms with E-state index in [9.17, 15) is 9.59 Å². The van der Waals surface area contributed by atoms with Crippen LogP contribution in [0.4, 0.5) is 0 Å². The fourth-order valence-corrected chi connectivity index (χ4v) is 3.77. The smallest absolute Gasteiger partial charge is 0.337 e. The third-order valence-electron chi connectivity index (χ3n) is 4.76. The molecule has 9 nitrogen and oxygen atoms in total. The number of carbonyl (C=O) groups is 1. The number of fused-ring (bicyclic) bond motifs is 1. The Kier molecular flexibility index (Phi) is 5.32. The van der Waals surface area contributed by atoms with Crippen LogP contribution in [0.3, 0.4) is 0 Å². The molecule has 4 rings (SSSR count). The molecule has 4 aromatic rings. The van der Waals surface area contributed by atoms with Gasteiger partial charge in [-0.3, -0.25) is 4.79 Å². The third kappa shape index (κ3) is 3.69. The Morgan fingerprint density at radius 3 is 2.87 bits per heavy atom. The molecule has 0 saturated heterocycles. The van der Waals surface area contributed by atoms with Crippen molar-refractivity contribution < 1.29 is 9.53 Å². The van der Waals surface area contributed by atoms with Crippen molar-refractivity contribution in [2.24, 2.45) is 0 Å². The van der Waals surface area contributed by atoms with E-state index in [-0.39, 0.29) is 5.56 Å². The van der Waals surface area contributed by atoms with Gasteiger partial charge in [-0.2, -0.15) is 4.68 Å². The highest BCUT2D eigenvalue weighted by atomic mass is 32.2. The van der Waals surface area contributed by atoms with Crippen molar-refractivity contribution in [3.8, 4) is 5.69 Å². The molecule has 0 radical (unpaired) electrons. The molecule has 0 unspecified atom stereocenters. The Bertz CT molecular complexity index is 1310. The minimum Gasteiger partial charge on any atom is -0.465 e. The number of aryl methyl sites for hydroxylation is 1. The number of ether oxygens (including phenoxy) is 1. The average molecular weight is 422 g/mol. The van der Waals surface area contributed by atoms with Gasteiger partial charge >= 0.3 is 5.97 Å². The summed E-state index contributed by atoms with van der Waals surface area (Å²) in [6.07, 6.45) is 0. The minimum atomic E-state index is -0.484. The molecular formula is C20H18N6O3S. The van der Waals surface area contributed by atoms with Gasteiger partial charge in [0.2, 0.25) is 5.16 Å². The molecule has 0 bridgehead atoms. The summed E-state index contributed by atoms with van der Waals surface area (Å²) in [5.41, 5.74) is 3.60. The Balaban J connectivity index is 1.63. The molecule has 10 heteroatoms. The third-order valence-corrected chi connectivity index (χ3v) is 5.69. The number of rotatable bonds is 5. The lowest BCUT2D eigenvalue weighted by Crippen LogP contribution is -2.12. The number of benzene rings is 2. The molecule has 0 amide bonds. The second kappa shape index (κ2) is 8.07. The molecule has 0 aliphatic carbocycles. The van der Waals surface area contributed by atoms with Gasteiger partial charge in [-0.05, 0) is 59.7 Å². The van der Waals surface area contributed by atoms with E-state index < -0.39 is 5.97 Å². The Labute approximate surface area is 175 Å². The maximum atomic E-state index is 12.4. The monoisotopic (exact) mass is 422 g/mol. The highest BCUT2D eigenvalue weighted by molar-refractivity contribution is 7.98. The van der Waals surface area contributed by atoms with E-state index in [0.717, 1.165) is 16.8 Å². The molecule has 0 aliphatic heterocycles. The van der Waals surface area contributed by atoms with Gasteiger partial charge in [0.1, 0.15) is 5.82 Å². The van der Waals surface area contributed by atoms with Crippen LogP contribution >= 0.6 is 11.8 Å². The van der Waals surface area contributed by atoms with Crippen LogP contribution < -0.4 is 5.56 Å². The van der Waals surface area contributed by atoms with E-state index in [0.29, 0.717) is 33.2 Å². The van der Waals surface area contributed by atoms with Crippen molar-refractivity contribution in [2.75, 3.05) is 7.11 Å². The SMILES string of the molecule is COC(=O)c1ccc2c(=O)[nH]c(CSc3nnnn3-c3cccc(C)c3C)nc2c1. The molecule has 0 fully saturated rings. The molecule has 0 atom stereocenters. The van der Waals surface area contributed by atoms with E-state index in [1.807, 2.05) is 32.0 Å². The first kappa shape index (κ1) is 19.8. The topological polar surface area (TPSA) is 116 Å². The molecule has 2 heterocycles. The van der Waals surface area contributed by atoms with Crippen LogP contribution in [0.15, 0.2) is 46.3 Å². The van der Waals surface area contributed by atoms with E-state index in [1.165, 1.54) is 24.9 Å². The number of hydrogen-bond donors (Lipinski definition) is 1. The molecule has 2 aromatic carbocycles. The van der Waals surface area contributed by atoms with Crippen molar-refractivity contribution in [3.63, 3.8) is 0 Å². The fourth-order valence-electron chi connectivity index (χ4n) is 3.02. The number of methoxy groups -OCH3 is 1. The van der Waals surface area contributed by atoms with Crippen molar-refractivity contribution in [1.29, 1.82) is 0 Å². The van der Waals surface area contributed by atoms with Crippen LogP contribution in [0, 0.1) is 13.8 Å². The van der Waals surface area contributed by atoms with E-state index in [4.69, 9.17) is 4.74 Å². The lowest BCUT2D eigenvalue weighted by Gasteiger charge is -2.09. The molecular weight excluding hydrogens is 404 g/mol. The van der Waals surface area contributed by atoms with E-state index in [1.54, 1.807) is 16.8 Å². The summed E-state index contributed by atoms with van der Waals surface area (Å²) in [7, 11) is 1.31. The zero-order valence-corrected chi connectivity index (χ0v) is 17.4. The number of nitrogens with one attached hydrogen (secondary N) is 1. The van der Waals surface area contributed by atoms with Crippen LogP contribution in [0.5, 0.6) is 0 Å². The zero-order chi connectivity index (χ0) is 21.3. The molecule has 0 aliphatic rings. The first-order valence-electron chi connectivity index (χ1n) is 9.07. The van der Waals surface area contributed by atoms with Crippen LogP contribution in [0.1, 0.15) is 27.3 Å². The summed E-state index contributed by atoms with van der Waals surface area (Å²) in [6, 6.07) is 10.6. The van der Waals surface area contributed by atoms with Gasteiger partial charge in [-0.15, -0.1) is 5.10 Å². The fraction of sp³-hybridized carbons (Fsp3) is 0.200. The summed E-state index contributed by atoms with van der Waals surface area (Å²) in [5, 5.41) is 13.0. The van der Waals surface area contributed by atoms with Gasteiger partial charge in [0.15, 0.2) is 0 Å². The van der Waals surface area contributed by atoms with Crippen LogP contribution in [0.25, 0.3) is 16.6 Å². The first-order valence-corrected chi connectivity index (χ1v) is 10.1. The van der Waals surface area contributed by atoms with Gasteiger partial charge in [-0.25, -0.2) is 9.78 Å². The van der Waals surface area contributed by atoms with Gasteiger partial charge in [0.25, 0.3) is 5.56 Å². The number of aromatic nitrogens is 6. The number of tetrazole rings is 1. The Morgan fingerprint density at radius 1 is 1.23 bits per heavy atom. The molecule has 0 spiro atoms. The summed E-state index contributed by atoms with van der Waals surface area (Å²) in [6.45, 7) is 4.05. The lowest BCUT2D eigenvalue weighted by atomic mass is 10.1.